The summed E-state index contributed by atoms with van der Waals surface area (Å²) in [5.41, 5.74) is 0.513. The number of hydrogen-bond acceptors (Lipinski definition) is 3. The second-order valence-corrected chi connectivity index (χ2v) is 4.79. The Labute approximate surface area is 112 Å². The van der Waals surface area contributed by atoms with E-state index in [9.17, 15) is 9.18 Å². The van der Waals surface area contributed by atoms with Crippen LogP contribution in [0.25, 0.3) is 6.08 Å². The molecule has 1 amide bonds. The molecule has 1 unspecified atom stereocenters. The van der Waals surface area contributed by atoms with Gasteiger partial charge in [-0.2, -0.15) is 0 Å². The van der Waals surface area contributed by atoms with Crippen LogP contribution < -0.4 is 5.32 Å². The molecule has 1 heterocycles. The lowest BCUT2D eigenvalue weighted by atomic mass is 10.0. The molecule has 0 radical (unpaired) electrons. The molecule has 0 saturated carbocycles. The van der Waals surface area contributed by atoms with E-state index >= 15 is 0 Å². The van der Waals surface area contributed by atoms with Gasteiger partial charge in [-0.15, -0.1) is 0 Å². The fourth-order valence-electron chi connectivity index (χ4n) is 1.69. The number of hydrogen-bond donors (Lipinski definition) is 2. The molecule has 0 spiro atoms. The van der Waals surface area contributed by atoms with Crippen molar-refractivity contribution in [2.75, 3.05) is 6.61 Å². The molecular formula is C14H19FN2O2. The highest BCUT2D eigenvalue weighted by atomic mass is 19.1. The van der Waals surface area contributed by atoms with Crippen LogP contribution in [0.1, 0.15) is 25.8 Å². The van der Waals surface area contributed by atoms with Gasteiger partial charge in [0, 0.05) is 12.3 Å². The minimum Gasteiger partial charge on any atom is -0.394 e. The van der Waals surface area contributed by atoms with Gasteiger partial charge in [-0.05, 0) is 30.0 Å². The monoisotopic (exact) mass is 266 g/mol. The number of amides is 1. The zero-order valence-electron chi connectivity index (χ0n) is 11.1. The summed E-state index contributed by atoms with van der Waals surface area (Å²) in [4.78, 5) is 15.3. The first-order valence-electron chi connectivity index (χ1n) is 6.21. The summed E-state index contributed by atoms with van der Waals surface area (Å²) < 4.78 is 12.9. The van der Waals surface area contributed by atoms with Crippen molar-refractivity contribution in [1.29, 1.82) is 0 Å². The third kappa shape index (κ3) is 6.10. The second kappa shape index (κ2) is 7.63. The van der Waals surface area contributed by atoms with Gasteiger partial charge >= 0.3 is 0 Å². The van der Waals surface area contributed by atoms with E-state index < -0.39 is 5.82 Å². The normalized spacial score (nSPS) is 12.9. The van der Waals surface area contributed by atoms with Gasteiger partial charge in [-0.3, -0.25) is 9.78 Å². The molecule has 0 aliphatic heterocycles. The van der Waals surface area contributed by atoms with Crippen LogP contribution in [0.15, 0.2) is 24.5 Å². The first-order chi connectivity index (χ1) is 9.01. The van der Waals surface area contributed by atoms with Crippen molar-refractivity contribution >= 4 is 12.0 Å². The molecule has 4 nitrogen and oxygen atoms in total. The van der Waals surface area contributed by atoms with Gasteiger partial charge in [0.15, 0.2) is 0 Å². The van der Waals surface area contributed by atoms with E-state index in [4.69, 9.17) is 5.11 Å². The quantitative estimate of drug-likeness (QED) is 0.771. The smallest absolute Gasteiger partial charge is 0.244 e. The Morgan fingerprint density at radius 1 is 1.53 bits per heavy atom. The molecule has 5 heteroatoms. The average Bonchev–Trinajstić information content (AvgIpc) is 2.35. The van der Waals surface area contributed by atoms with Crippen LogP contribution >= 0.6 is 0 Å². The number of aliphatic hydroxyl groups is 1. The van der Waals surface area contributed by atoms with Crippen molar-refractivity contribution < 1.29 is 14.3 Å². The molecule has 104 valence electrons. The molecule has 1 aromatic heterocycles. The van der Waals surface area contributed by atoms with Crippen molar-refractivity contribution in [3.63, 3.8) is 0 Å². The molecular weight excluding hydrogens is 247 g/mol. The van der Waals surface area contributed by atoms with Gasteiger partial charge in [-0.1, -0.05) is 13.8 Å². The SMILES string of the molecule is CC(C)CC(CO)NC(=O)/C=C/c1cncc(F)c1. The minimum atomic E-state index is -0.449. The van der Waals surface area contributed by atoms with E-state index in [2.05, 4.69) is 10.3 Å². The molecule has 2 N–H and O–H groups in total. The highest BCUT2D eigenvalue weighted by molar-refractivity contribution is 5.91. The lowest BCUT2D eigenvalue weighted by molar-refractivity contribution is -0.117. The van der Waals surface area contributed by atoms with Crippen molar-refractivity contribution in [3.8, 4) is 0 Å². The predicted molar refractivity (Wildman–Crippen MR) is 71.7 cm³/mol. The number of halogens is 1. The van der Waals surface area contributed by atoms with Gasteiger partial charge in [0.25, 0.3) is 0 Å². The van der Waals surface area contributed by atoms with Crippen LogP contribution in [0.4, 0.5) is 4.39 Å². The minimum absolute atomic E-state index is 0.0979. The van der Waals surface area contributed by atoms with Crippen molar-refractivity contribution in [2.24, 2.45) is 5.92 Å². The van der Waals surface area contributed by atoms with Gasteiger partial charge in [0.05, 0.1) is 18.8 Å². The maximum absolute atomic E-state index is 12.9. The Morgan fingerprint density at radius 2 is 2.26 bits per heavy atom. The lowest BCUT2D eigenvalue weighted by Gasteiger charge is -2.17. The molecule has 0 aromatic carbocycles. The molecule has 1 aromatic rings. The number of rotatable bonds is 6. The van der Waals surface area contributed by atoms with Crippen molar-refractivity contribution in [1.82, 2.24) is 10.3 Å². The van der Waals surface area contributed by atoms with Crippen LogP contribution in [0.2, 0.25) is 0 Å². The van der Waals surface area contributed by atoms with E-state index in [1.54, 1.807) is 0 Å². The van der Waals surface area contributed by atoms with Gasteiger partial charge < -0.3 is 10.4 Å². The standard InChI is InChI=1S/C14H19FN2O2/c1-10(2)5-13(9-18)17-14(19)4-3-11-6-12(15)8-16-7-11/h3-4,6-8,10,13,18H,5,9H2,1-2H3,(H,17,19)/b4-3+. The summed E-state index contributed by atoms with van der Waals surface area (Å²) in [6.45, 7) is 3.94. The lowest BCUT2D eigenvalue weighted by Crippen LogP contribution is -2.37. The molecule has 1 atom stereocenters. The molecule has 0 fully saturated rings. The third-order valence-electron chi connectivity index (χ3n) is 2.48. The Bertz CT molecular complexity index is 447. The summed E-state index contributed by atoms with van der Waals surface area (Å²) in [6, 6.07) is 1.02. The summed E-state index contributed by atoms with van der Waals surface area (Å²) in [5, 5.41) is 11.8. The number of aliphatic hydroxyl groups excluding tert-OH is 1. The van der Waals surface area contributed by atoms with Gasteiger partial charge in [-0.25, -0.2) is 4.39 Å². The molecule has 0 saturated heterocycles. The summed E-state index contributed by atoms with van der Waals surface area (Å²) >= 11 is 0. The molecule has 0 aliphatic carbocycles. The van der Waals surface area contributed by atoms with Gasteiger partial charge in [0.2, 0.25) is 5.91 Å². The first kappa shape index (κ1) is 15.3. The third-order valence-corrected chi connectivity index (χ3v) is 2.48. The fourth-order valence-corrected chi connectivity index (χ4v) is 1.69. The van der Waals surface area contributed by atoms with Crippen LogP contribution in [-0.2, 0) is 4.79 Å². The van der Waals surface area contributed by atoms with E-state index in [1.807, 2.05) is 13.8 Å². The maximum Gasteiger partial charge on any atom is 0.244 e. The van der Waals surface area contributed by atoms with Crippen molar-refractivity contribution in [2.45, 2.75) is 26.3 Å². The Balaban J connectivity index is 2.54. The predicted octanol–water partition coefficient (Wildman–Crippen LogP) is 1.76. The number of nitrogens with one attached hydrogen (secondary N) is 1. The number of aromatic nitrogens is 1. The topological polar surface area (TPSA) is 62.2 Å². The first-order valence-corrected chi connectivity index (χ1v) is 6.21. The fraction of sp³-hybridized carbons (Fsp3) is 0.429. The summed E-state index contributed by atoms with van der Waals surface area (Å²) in [5.74, 6) is -0.381. The molecule has 19 heavy (non-hydrogen) atoms. The zero-order valence-corrected chi connectivity index (χ0v) is 11.1. The highest BCUT2D eigenvalue weighted by Crippen LogP contribution is 2.05. The van der Waals surface area contributed by atoms with Crippen LogP contribution in [0.5, 0.6) is 0 Å². The Kier molecular flexibility index (Phi) is 6.15. The number of carbonyl (C=O) groups is 1. The van der Waals surface area contributed by atoms with E-state index in [1.165, 1.54) is 24.4 Å². The molecule has 0 aliphatic rings. The Hall–Kier alpha value is -1.75. The molecule has 0 bridgehead atoms. The van der Waals surface area contributed by atoms with E-state index in [0.29, 0.717) is 17.9 Å². The average molecular weight is 266 g/mol. The van der Waals surface area contributed by atoms with E-state index in [0.717, 1.165) is 6.20 Å². The van der Waals surface area contributed by atoms with Gasteiger partial charge in [0.1, 0.15) is 5.82 Å². The van der Waals surface area contributed by atoms with Crippen molar-refractivity contribution in [3.05, 3.63) is 35.9 Å². The van der Waals surface area contributed by atoms with E-state index in [-0.39, 0.29) is 18.6 Å². The van der Waals surface area contributed by atoms with Crippen LogP contribution in [0.3, 0.4) is 0 Å². The zero-order chi connectivity index (χ0) is 14.3. The van der Waals surface area contributed by atoms with Crippen LogP contribution in [0, 0.1) is 11.7 Å². The summed E-state index contributed by atoms with van der Waals surface area (Å²) in [7, 11) is 0. The summed E-state index contributed by atoms with van der Waals surface area (Å²) in [6.07, 6.45) is 6.05. The maximum atomic E-state index is 12.9. The number of pyridine rings is 1. The second-order valence-electron chi connectivity index (χ2n) is 4.79. The van der Waals surface area contributed by atoms with Crippen LogP contribution in [-0.4, -0.2) is 28.6 Å². The largest absolute Gasteiger partial charge is 0.394 e. The number of nitrogens with zero attached hydrogens (tertiary/aromatic N) is 1. The molecule has 1 rings (SSSR count). The Morgan fingerprint density at radius 3 is 2.84 bits per heavy atom. The highest BCUT2D eigenvalue weighted by Gasteiger charge is 2.11. The number of carbonyl (C=O) groups excluding carboxylic acids is 1.